The van der Waals surface area contributed by atoms with Gasteiger partial charge in [-0.3, -0.25) is 4.29 Å². The highest BCUT2D eigenvalue weighted by molar-refractivity contribution is 6.11. The van der Waals surface area contributed by atoms with Crippen LogP contribution >= 0.6 is 11.9 Å². The normalized spacial score (nSPS) is 8.90. The molecule has 0 aliphatic rings. The lowest BCUT2D eigenvalue weighted by Crippen LogP contribution is -2.40. The van der Waals surface area contributed by atoms with Crippen molar-refractivity contribution in [2.45, 2.75) is 0 Å². The van der Waals surface area contributed by atoms with Crippen molar-refractivity contribution < 1.29 is 13.7 Å². The smallest absolute Gasteiger partial charge is 0.292 e. The minimum atomic E-state index is -0.609. The van der Waals surface area contributed by atoms with Crippen molar-refractivity contribution in [1.29, 1.82) is 0 Å². The van der Waals surface area contributed by atoms with Crippen LogP contribution in [0.3, 0.4) is 0 Å². The second-order valence-electron chi connectivity index (χ2n) is 1.63. The van der Waals surface area contributed by atoms with Gasteiger partial charge >= 0.3 is 6.09 Å². The van der Waals surface area contributed by atoms with Crippen molar-refractivity contribution in [3.05, 3.63) is 30.6 Å². The third-order valence-corrected chi connectivity index (χ3v) is 1.12. The zero-order valence-corrected chi connectivity index (χ0v) is 5.78. The molecule has 1 rings (SSSR count). The van der Waals surface area contributed by atoms with Crippen LogP contribution in [0.25, 0.3) is 0 Å². The molecule has 0 atom stereocenters. The predicted octanol–water partition coefficient (Wildman–Crippen LogP) is 1.11. The van der Waals surface area contributed by atoms with E-state index >= 15 is 0 Å². The largest absolute Gasteiger partial charge is 0.620 e. The first-order chi connectivity index (χ1) is 4.84. The summed E-state index contributed by atoms with van der Waals surface area (Å²) in [4.78, 5) is 10.6. The molecular weight excluding hydrogens is 154 g/mol. The predicted molar refractivity (Wildman–Crippen MR) is 34.4 cm³/mol. The molecule has 1 heterocycles. The number of carbonyl (C=O) groups excluding carboxylic acids is 1. The topological polar surface area (TPSA) is 30.2 Å². The van der Waals surface area contributed by atoms with E-state index < -0.39 is 6.09 Å². The van der Waals surface area contributed by atoms with Gasteiger partial charge in [-0.25, -0.2) is 0 Å². The molecule has 0 saturated carbocycles. The molecular formula is C6H5ClNO2+. The zero-order valence-electron chi connectivity index (χ0n) is 5.03. The van der Waals surface area contributed by atoms with Gasteiger partial charge in [0.15, 0.2) is 12.4 Å². The second-order valence-corrected chi connectivity index (χ2v) is 1.78. The highest BCUT2D eigenvalue weighted by Gasteiger charge is 2.12. The first kappa shape index (κ1) is 7.02. The van der Waals surface area contributed by atoms with E-state index in [4.69, 9.17) is 11.9 Å². The van der Waals surface area contributed by atoms with E-state index in [0.717, 1.165) is 0 Å². The van der Waals surface area contributed by atoms with E-state index in [1.807, 2.05) is 0 Å². The average Bonchev–Trinajstić information content (AvgIpc) is 2.05. The average molecular weight is 159 g/mol. The van der Waals surface area contributed by atoms with Gasteiger partial charge in [0, 0.05) is 12.1 Å². The maximum Gasteiger partial charge on any atom is 0.620 e. The monoisotopic (exact) mass is 158 g/mol. The van der Waals surface area contributed by atoms with Gasteiger partial charge in [-0.2, -0.15) is 4.79 Å². The Balaban J connectivity index is 2.85. The molecule has 3 nitrogen and oxygen atoms in total. The Morgan fingerprint density at radius 2 is 1.90 bits per heavy atom. The molecule has 0 spiro atoms. The van der Waals surface area contributed by atoms with Crippen molar-refractivity contribution in [3.8, 4) is 0 Å². The minimum Gasteiger partial charge on any atom is -0.292 e. The molecule has 1 aromatic rings. The molecule has 0 aliphatic carbocycles. The van der Waals surface area contributed by atoms with Crippen LogP contribution < -0.4 is 4.57 Å². The van der Waals surface area contributed by atoms with Crippen LogP contribution in [0.1, 0.15) is 0 Å². The molecule has 10 heavy (non-hydrogen) atoms. The van der Waals surface area contributed by atoms with Crippen molar-refractivity contribution in [3.63, 3.8) is 0 Å². The molecule has 0 bridgehead atoms. The number of halogens is 1. The Bertz CT molecular complexity index is 224. The molecule has 4 heteroatoms. The summed E-state index contributed by atoms with van der Waals surface area (Å²) >= 11 is 4.82. The van der Waals surface area contributed by atoms with E-state index in [2.05, 4.69) is 4.29 Å². The van der Waals surface area contributed by atoms with Crippen LogP contribution in [-0.4, -0.2) is 6.09 Å². The lowest BCUT2D eigenvalue weighted by atomic mass is 10.5. The molecule has 52 valence electrons. The van der Waals surface area contributed by atoms with E-state index in [9.17, 15) is 4.79 Å². The van der Waals surface area contributed by atoms with Crippen molar-refractivity contribution in [2.24, 2.45) is 0 Å². The fraction of sp³-hybridized carbons (Fsp3) is 0. The van der Waals surface area contributed by atoms with Crippen LogP contribution in [0.2, 0.25) is 0 Å². The van der Waals surface area contributed by atoms with Crippen LogP contribution in [0.4, 0.5) is 4.79 Å². The third kappa shape index (κ3) is 1.45. The number of aromatic nitrogens is 1. The van der Waals surface area contributed by atoms with Crippen molar-refractivity contribution in [2.75, 3.05) is 0 Å². The van der Waals surface area contributed by atoms with Gasteiger partial charge in [-0.1, -0.05) is 10.6 Å². The lowest BCUT2D eigenvalue weighted by molar-refractivity contribution is -0.582. The molecule has 0 amide bonds. The molecule has 0 aliphatic heterocycles. The standard InChI is InChI=1S/C6H5ClNO2/c7-10-6(9)8-4-2-1-3-5-8/h1-5H/q+1. The van der Waals surface area contributed by atoms with Crippen LogP contribution in [0.5, 0.6) is 0 Å². The fourth-order valence-corrected chi connectivity index (χ4v) is 0.640. The number of carbonyl (C=O) groups is 1. The molecule has 1 aromatic heterocycles. The number of hydrogen-bond donors (Lipinski definition) is 0. The summed E-state index contributed by atoms with van der Waals surface area (Å²) in [6.07, 6.45) is 2.48. The Morgan fingerprint density at radius 1 is 1.30 bits per heavy atom. The Labute approximate surface area is 63.0 Å². The molecule has 0 fully saturated rings. The lowest BCUT2D eigenvalue weighted by Gasteiger charge is -1.85. The van der Waals surface area contributed by atoms with Gasteiger partial charge in [-0.05, 0) is 0 Å². The molecule has 0 radical (unpaired) electrons. The van der Waals surface area contributed by atoms with Crippen LogP contribution in [0.15, 0.2) is 30.6 Å². The number of nitrogens with zero attached hydrogens (tertiary/aromatic N) is 1. The highest BCUT2D eigenvalue weighted by Crippen LogP contribution is 1.82. The van der Waals surface area contributed by atoms with Gasteiger partial charge in [-0.15, -0.1) is 0 Å². The summed E-state index contributed by atoms with van der Waals surface area (Å²) in [6.45, 7) is 0. The third-order valence-electron chi connectivity index (χ3n) is 0.992. The number of hydrogen-bond acceptors (Lipinski definition) is 2. The van der Waals surface area contributed by atoms with Gasteiger partial charge in [0.2, 0.25) is 0 Å². The Morgan fingerprint density at radius 3 is 2.40 bits per heavy atom. The second kappa shape index (κ2) is 3.17. The van der Waals surface area contributed by atoms with Crippen molar-refractivity contribution in [1.82, 2.24) is 0 Å². The van der Waals surface area contributed by atoms with E-state index in [0.29, 0.717) is 0 Å². The van der Waals surface area contributed by atoms with E-state index in [1.165, 1.54) is 4.57 Å². The SMILES string of the molecule is O=C(OCl)[n+]1ccccc1. The number of pyridine rings is 1. The summed E-state index contributed by atoms with van der Waals surface area (Å²) in [7, 11) is 0. The maximum atomic E-state index is 10.6. The fourth-order valence-electron chi connectivity index (χ4n) is 0.560. The van der Waals surface area contributed by atoms with Crippen LogP contribution in [-0.2, 0) is 4.29 Å². The molecule has 0 N–H and O–H groups in total. The summed E-state index contributed by atoms with van der Waals surface area (Å²) in [5, 5.41) is 0. The van der Waals surface area contributed by atoms with Gasteiger partial charge in [0.1, 0.15) is 11.9 Å². The Hall–Kier alpha value is -1.09. The number of rotatable bonds is 0. The molecule has 0 aromatic carbocycles. The van der Waals surface area contributed by atoms with Crippen LogP contribution in [0, 0.1) is 0 Å². The summed E-state index contributed by atoms with van der Waals surface area (Å²) in [6, 6.07) is 5.19. The summed E-state index contributed by atoms with van der Waals surface area (Å²) < 4.78 is 5.16. The van der Waals surface area contributed by atoms with Gasteiger partial charge < -0.3 is 0 Å². The molecule has 0 unspecified atom stereocenters. The molecule has 0 saturated heterocycles. The highest BCUT2D eigenvalue weighted by atomic mass is 35.5. The summed E-state index contributed by atoms with van der Waals surface area (Å²) in [5.41, 5.74) is 0. The zero-order chi connectivity index (χ0) is 7.40. The van der Waals surface area contributed by atoms with Crippen molar-refractivity contribution >= 4 is 18.0 Å². The van der Waals surface area contributed by atoms with Gasteiger partial charge in [0.25, 0.3) is 0 Å². The van der Waals surface area contributed by atoms with E-state index in [1.54, 1.807) is 30.6 Å². The summed E-state index contributed by atoms with van der Waals surface area (Å²) in [5.74, 6) is 0. The van der Waals surface area contributed by atoms with E-state index in [-0.39, 0.29) is 0 Å². The minimum absolute atomic E-state index is 0.609. The van der Waals surface area contributed by atoms with Gasteiger partial charge in [0.05, 0.1) is 0 Å². The maximum absolute atomic E-state index is 10.6. The first-order valence-corrected chi connectivity index (χ1v) is 2.94. The Kier molecular flexibility index (Phi) is 2.23. The first-order valence-electron chi connectivity index (χ1n) is 2.64. The quantitative estimate of drug-likeness (QED) is 0.530.